The van der Waals surface area contributed by atoms with Gasteiger partial charge in [0.05, 0.1) is 23.9 Å². The van der Waals surface area contributed by atoms with Gasteiger partial charge in [-0.2, -0.15) is 5.10 Å². The minimum absolute atomic E-state index is 0.749. The highest BCUT2D eigenvalue weighted by Gasteiger charge is 2.05. The molecule has 0 radical (unpaired) electrons. The highest BCUT2D eigenvalue weighted by atomic mass is 15.3. The maximum absolute atomic E-state index is 5.99. The first-order chi connectivity index (χ1) is 8.34. The third-order valence-electron chi connectivity index (χ3n) is 2.87. The van der Waals surface area contributed by atoms with Crippen LogP contribution in [0.5, 0.6) is 0 Å². The first kappa shape index (κ1) is 9.90. The Morgan fingerprint density at radius 3 is 2.65 bits per heavy atom. The van der Waals surface area contributed by atoms with Crippen LogP contribution in [0.25, 0.3) is 10.9 Å². The fraction of sp³-hybridized carbons (Fsp3) is 0.0714. The second-order valence-electron chi connectivity index (χ2n) is 4.07. The van der Waals surface area contributed by atoms with Crippen LogP contribution in [-0.4, -0.2) is 9.78 Å². The largest absolute Gasteiger partial charge is 0.397 e. The first-order valence-electron chi connectivity index (χ1n) is 5.58. The van der Waals surface area contributed by atoms with Gasteiger partial charge in [0.2, 0.25) is 0 Å². The van der Waals surface area contributed by atoms with Gasteiger partial charge in [0, 0.05) is 5.39 Å². The lowest BCUT2D eigenvalue weighted by atomic mass is 10.2. The van der Waals surface area contributed by atoms with Gasteiger partial charge in [-0.05, 0) is 11.6 Å². The summed E-state index contributed by atoms with van der Waals surface area (Å²) in [5.74, 6) is 0. The third-order valence-corrected chi connectivity index (χ3v) is 2.87. The Morgan fingerprint density at radius 2 is 1.82 bits per heavy atom. The lowest BCUT2D eigenvalue weighted by Gasteiger charge is -2.05. The van der Waals surface area contributed by atoms with Crippen molar-refractivity contribution in [2.45, 2.75) is 6.54 Å². The topological polar surface area (TPSA) is 43.8 Å². The normalized spacial score (nSPS) is 10.8. The number of nitrogens with zero attached hydrogens (tertiary/aromatic N) is 2. The average molecular weight is 223 g/mol. The van der Waals surface area contributed by atoms with Crippen LogP contribution in [0, 0.1) is 0 Å². The molecular formula is C14H13N3. The van der Waals surface area contributed by atoms with Gasteiger partial charge in [-0.1, -0.05) is 42.5 Å². The molecule has 0 aliphatic heterocycles. The van der Waals surface area contributed by atoms with Crippen LogP contribution < -0.4 is 5.73 Å². The number of para-hydroxylation sites is 1. The minimum Gasteiger partial charge on any atom is -0.397 e. The zero-order valence-corrected chi connectivity index (χ0v) is 9.38. The van der Waals surface area contributed by atoms with E-state index in [1.54, 1.807) is 0 Å². The molecule has 0 saturated heterocycles. The molecule has 1 aromatic heterocycles. The molecule has 2 aromatic carbocycles. The molecule has 0 atom stereocenters. The molecule has 0 fully saturated rings. The molecule has 1 heterocycles. The van der Waals surface area contributed by atoms with E-state index in [1.807, 2.05) is 47.3 Å². The molecule has 0 aliphatic rings. The molecule has 17 heavy (non-hydrogen) atoms. The summed E-state index contributed by atoms with van der Waals surface area (Å²) in [6, 6.07) is 16.1. The predicted molar refractivity (Wildman–Crippen MR) is 69.7 cm³/mol. The van der Waals surface area contributed by atoms with Gasteiger partial charge in [-0.15, -0.1) is 0 Å². The summed E-state index contributed by atoms with van der Waals surface area (Å²) < 4.78 is 1.94. The van der Waals surface area contributed by atoms with Gasteiger partial charge >= 0.3 is 0 Å². The zero-order valence-electron chi connectivity index (χ0n) is 9.38. The van der Waals surface area contributed by atoms with Crippen molar-refractivity contribution in [3.05, 3.63) is 60.3 Å². The molecule has 0 spiro atoms. The highest BCUT2D eigenvalue weighted by molar-refractivity contribution is 5.89. The molecule has 3 rings (SSSR count). The van der Waals surface area contributed by atoms with Crippen LogP contribution in [0.2, 0.25) is 0 Å². The number of anilines is 1. The Hall–Kier alpha value is -2.29. The maximum Gasteiger partial charge on any atom is 0.0915 e. The molecule has 0 aliphatic carbocycles. The molecular weight excluding hydrogens is 210 g/mol. The number of benzene rings is 2. The number of hydrogen-bond acceptors (Lipinski definition) is 2. The smallest absolute Gasteiger partial charge is 0.0915 e. The summed E-state index contributed by atoms with van der Waals surface area (Å²) in [5.41, 5.74) is 9.00. The summed E-state index contributed by atoms with van der Waals surface area (Å²) in [6.45, 7) is 0.749. The van der Waals surface area contributed by atoms with Gasteiger partial charge in [0.1, 0.15) is 0 Å². The fourth-order valence-electron chi connectivity index (χ4n) is 2.05. The Morgan fingerprint density at radius 1 is 1.00 bits per heavy atom. The van der Waals surface area contributed by atoms with Gasteiger partial charge in [-0.3, -0.25) is 4.68 Å². The zero-order chi connectivity index (χ0) is 11.7. The predicted octanol–water partition coefficient (Wildman–Crippen LogP) is 2.67. The van der Waals surface area contributed by atoms with Crippen molar-refractivity contribution in [1.82, 2.24) is 9.78 Å². The standard InChI is InChI=1S/C14H13N3/c15-13-8-4-7-12-9-16-17(14(12)13)10-11-5-2-1-3-6-11/h1-9H,10,15H2. The lowest BCUT2D eigenvalue weighted by Crippen LogP contribution is -2.02. The van der Waals surface area contributed by atoms with Crippen molar-refractivity contribution < 1.29 is 0 Å². The van der Waals surface area contributed by atoms with Crippen LogP contribution in [0.1, 0.15) is 5.56 Å². The van der Waals surface area contributed by atoms with Crippen molar-refractivity contribution in [1.29, 1.82) is 0 Å². The second kappa shape index (κ2) is 3.94. The SMILES string of the molecule is Nc1cccc2cnn(Cc3ccccc3)c12. The summed E-state index contributed by atoms with van der Waals surface area (Å²) >= 11 is 0. The number of nitrogen functional groups attached to an aromatic ring is 1. The monoisotopic (exact) mass is 223 g/mol. The van der Waals surface area contributed by atoms with E-state index in [-0.39, 0.29) is 0 Å². The van der Waals surface area contributed by atoms with Crippen LogP contribution in [0.3, 0.4) is 0 Å². The number of nitrogens with two attached hydrogens (primary N) is 1. The van der Waals surface area contributed by atoms with E-state index in [9.17, 15) is 0 Å². The molecule has 84 valence electrons. The van der Waals surface area contributed by atoms with E-state index in [0.717, 1.165) is 23.1 Å². The van der Waals surface area contributed by atoms with Crippen LogP contribution in [0.4, 0.5) is 5.69 Å². The molecule has 0 saturated carbocycles. The molecule has 0 amide bonds. The Kier molecular flexibility index (Phi) is 2.29. The van der Waals surface area contributed by atoms with E-state index < -0.39 is 0 Å². The third kappa shape index (κ3) is 1.76. The molecule has 0 unspecified atom stereocenters. The fourth-order valence-corrected chi connectivity index (χ4v) is 2.05. The first-order valence-corrected chi connectivity index (χ1v) is 5.58. The van der Waals surface area contributed by atoms with Gasteiger partial charge in [-0.25, -0.2) is 0 Å². The summed E-state index contributed by atoms with van der Waals surface area (Å²) in [5, 5.41) is 5.47. The van der Waals surface area contributed by atoms with E-state index in [1.165, 1.54) is 5.56 Å². The number of fused-ring (bicyclic) bond motifs is 1. The van der Waals surface area contributed by atoms with E-state index in [0.29, 0.717) is 0 Å². The van der Waals surface area contributed by atoms with Crippen molar-refractivity contribution >= 4 is 16.6 Å². The Bertz CT molecular complexity index is 641. The average Bonchev–Trinajstić information content (AvgIpc) is 2.75. The van der Waals surface area contributed by atoms with E-state index >= 15 is 0 Å². The molecule has 2 N–H and O–H groups in total. The lowest BCUT2D eigenvalue weighted by molar-refractivity contribution is 0.713. The van der Waals surface area contributed by atoms with Gasteiger partial charge < -0.3 is 5.73 Å². The van der Waals surface area contributed by atoms with Crippen LogP contribution >= 0.6 is 0 Å². The van der Waals surface area contributed by atoms with Crippen molar-refractivity contribution in [3.63, 3.8) is 0 Å². The quantitative estimate of drug-likeness (QED) is 0.679. The van der Waals surface area contributed by atoms with Crippen molar-refractivity contribution in [2.75, 3.05) is 5.73 Å². The number of aromatic nitrogens is 2. The molecule has 3 nitrogen and oxygen atoms in total. The maximum atomic E-state index is 5.99. The van der Waals surface area contributed by atoms with Crippen molar-refractivity contribution in [3.8, 4) is 0 Å². The summed E-state index contributed by atoms with van der Waals surface area (Å²) in [7, 11) is 0. The molecule has 3 heteroatoms. The number of rotatable bonds is 2. The molecule has 0 bridgehead atoms. The highest BCUT2D eigenvalue weighted by Crippen LogP contribution is 2.21. The minimum atomic E-state index is 0.749. The van der Waals surface area contributed by atoms with Crippen LogP contribution in [-0.2, 0) is 6.54 Å². The Balaban J connectivity index is 2.07. The second-order valence-corrected chi connectivity index (χ2v) is 4.07. The van der Waals surface area contributed by atoms with Gasteiger partial charge in [0.25, 0.3) is 0 Å². The van der Waals surface area contributed by atoms with E-state index in [4.69, 9.17) is 5.73 Å². The summed E-state index contributed by atoms with van der Waals surface area (Å²) in [4.78, 5) is 0. The van der Waals surface area contributed by atoms with Gasteiger partial charge in [0.15, 0.2) is 0 Å². The van der Waals surface area contributed by atoms with Crippen molar-refractivity contribution in [2.24, 2.45) is 0 Å². The van der Waals surface area contributed by atoms with E-state index in [2.05, 4.69) is 17.2 Å². The number of hydrogen-bond donors (Lipinski definition) is 1. The summed E-state index contributed by atoms with van der Waals surface area (Å²) in [6.07, 6.45) is 1.86. The van der Waals surface area contributed by atoms with Crippen LogP contribution in [0.15, 0.2) is 54.7 Å². The Labute approximate surface area is 99.5 Å². The molecule has 3 aromatic rings.